The highest BCUT2D eigenvalue weighted by Crippen LogP contribution is 2.32. The van der Waals surface area contributed by atoms with E-state index in [9.17, 15) is 14.4 Å². The van der Waals surface area contributed by atoms with Gasteiger partial charge in [0, 0.05) is 16.9 Å². The molecule has 2 aromatic rings. The second-order valence-corrected chi connectivity index (χ2v) is 6.78. The summed E-state index contributed by atoms with van der Waals surface area (Å²) in [5.41, 5.74) is 3.19. The van der Waals surface area contributed by atoms with Crippen molar-refractivity contribution in [1.29, 1.82) is 0 Å². The summed E-state index contributed by atoms with van der Waals surface area (Å²) in [7, 11) is 2.49. The number of hydrogen-bond donors (Lipinski definition) is 0. The van der Waals surface area contributed by atoms with E-state index in [-0.39, 0.29) is 30.5 Å². The molecule has 0 fully saturated rings. The van der Waals surface area contributed by atoms with Crippen molar-refractivity contribution >= 4 is 29.2 Å². The summed E-state index contributed by atoms with van der Waals surface area (Å²) in [6.45, 7) is 0.519. The molecule has 2 aromatic carbocycles. The average Bonchev–Trinajstić information content (AvgIpc) is 3.14. The number of carbonyl (C=O) groups excluding carboxylic acids is 3. The minimum atomic E-state index is -0.659. The molecule has 2 aliphatic heterocycles. The zero-order valence-electron chi connectivity index (χ0n) is 16.6. The maximum Gasteiger partial charge on any atom is 0.355 e. The summed E-state index contributed by atoms with van der Waals surface area (Å²) in [5, 5.41) is 0. The molecule has 0 bridgehead atoms. The van der Waals surface area contributed by atoms with Crippen molar-refractivity contribution in [3.05, 3.63) is 70.9 Å². The van der Waals surface area contributed by atoms with Crippen molar-refractivity contribution in [3.63, 3.8) is 0 Å². The third kappa shape index (κ3) is 3.31. The summed E-state index contributed by atoms with van der Waals surface area (Å²) in [6, 6.07) is 14.6. The zero-order valence-corrected chi connectivity index (χ0v) is 16.6. The van der Waals surface area contributed by atoms with Gasteiger partial charge < -0.3 is 24.0 Å². The number of nitrogens with zero attached hydrogens (tertiary/aromatic N) is 2. The first-order valence-corrected chi connectivity index (χ1v) is 9.30. The largest absolute Gasteiger partial charge is 0.466 e. The van der Waals surface area contributed by atoms with Crippen LogP contribution in [0, 0.1) is 0 Å². The first kappa shape index (κ1) is 19.7. The molecule has 30 heavy (non-hydrogen) atoms. The van der Waals surface area contributed by atoms with Crippen molar-refractivity contribution in [2.24, 2.45) is 0 Å². The maximum atomic E-state index is 12.7. The number of fused-ring (bicyclic) bond motifs is 1. The monoisotopic (exact) mass is 408 g/mol. The molecular formula is C22H20N2O6. The van der Waals surface area contributed by atoms with E-state index in [1.54, 1.807) is 34.1 Å². The highest BCUT2D eigenvalue weighted by Gasteiger charge is 2.33. The lowest BCUT2D eigenvalue weighted by Crippen LogP contribution is -2.38. The quantitative estimate of drug-likeness (QED) is 0.717. The first-order valence-electron chi connectivity index (χ1n) is 9.30. The first-order chi connectivity index (χ1) is 14.5. The van der Waals surface area contributed by atoms with E-state index in [4.69, 9.17) is 14.2 Å². The van der Waals surface area contributed by atoms with Gasteiger partial charge in [0.1, 0.15) is 12.4 Å². The Balaban J connectivity index is 1.64. The van der Waals surface area contributed by atoms with E-state index in [0.717, 1.165) is 11.3 Å². The fourth-order valence-corrected chi connectivity index (χ4v) is 3.62. The highest BCUT2D eigenvalue weighted by atomic mass is 16.5. The summed E-state index contributed by atoms with van der Waals surface area (Å²) < 4.78 is 15.1. The number of hydrogen-bond acceptors (Lipinski definition) is 7. The molecule has 0 spiro atoms. The fraction of sp³-hybridized carbons (Fsp3) is 0.227. The van der Waals surface area contributed by atoms with Gasteiger partial charge >= 0.3 is 11.9 Å². The molecule has 8 heteroatoms. The van der Waals surface area contributed by atoms with Gasteiger partial charge in [0.05, 0.1) is 32.9 Å². The van der Waals surface area contributed by atoms with Crippen LogP contribution in [-0.4, -0.2) is 45.4 Å². The van der Waals surface area contributed by atoms with Crippen LogP contribution < -0.4 is 9.80 Å². The molecule has 0 unspecified atom stereocenters. The van der Waals surface area contributed by atoms with Crippen LogP contribution in [0.15, 0.2) is 59.8 Å². The van der Waals surface area contributed by atoms with E-state index >= 15 is 0 Å². The van der Waals surface area contributed by atoms with Crippen LogP contribution in [0.3, 0.4) is 0 Å². The molecule has 0 radical (unpaired) electrons. The number of ether oxygens (including phenoxy) is 3. The molecule has 2 aliphatic rings. The molecule has 2 heterocycles. The van der Waals surface area contributed by atoms with E-state index in [1.807, 2.05) is 24.3 Å². The molecule has 8 nitrogen and oxygen atoms in total. The van der Waals surface area contributed by atoms with Gasteiger partial charge in [-0.25, -0.2) is 9.59 Å². The number of methoxy groups -OCH3 is 2. The Morgan fingerprint density at radius 3 is 2.17 bits per heavy atom. The summed E-state index contributed by atoms with van der Waals surface area (Å²) in [6.07, 6.45) is 0. The van der Waals surface area contributed by atoms with Gasteiger partial charge in [-0.2, -0.15) is 0 Å². The molecule has 0 saturated heterocycles. The molecule has 1 amide bonds. The number of esters is 2. The number of anilines is 2. The smallest absolute Gasteiger partial charge is 0.355 e. The van der Waals surface area contributed by atoms with Crippen molar-refractivity contribution < 1.29 is 28.6 Å². The Bertz CT molecular complexity index is 1040. The van der Waals surface area contributed by atoms with E-state index < -0.39 is 11.9 Å². The van der Waals surface area contributed by atoms with Crippen molar-refractivity contribution in [1.82, 2.24) is 0 Å². The molecule has 0 N–H and O–H groups in total. The van der Waals surface area contributed by atoms with Gasteiger partial charge in [-0.3, -0.25) is 4.79 Å². The molecule has 0 atom stereocenters. The predicted molar refractivity (Wildman–Crippen MR) is 108 cm³/mol. The molecule has 0 aromatic heterocycles. The Kier molecular flexibility index (Phi) is 5.24. The Labute approximate surface area is 173 Å². The molecule has 154 valence electrons. The van der Waals surface area contributed by atoms with E-state index in [1.165, 1.54) is 14.2 Å². The molecule has 0 aliphatic carbocycles. The lowest BCUT2D eigenvalue weighted by molar-refractivity contribution is -0.140. The van der Waals surface area contributed by atoms with Crippen molar-refractivity contribution in [3.8, 4) is 0 Å². The lowest BCUT2D eigenvalue weighted by atomic mass is 10.1. The third-order valence-electron chi connectivity index (χ3n) is 5.13. The van der Waals surface area contributed by atoms with Gasteiger partial charge in [-0.05, 0) is 35.9 Å². The Morgan fingerprint density at radius 1 is 0.900 bits per heavy atom. The van der Waals surface area contributed by atoms with Crippen LogP contribution in [-0.2, 0) is 30.3 Å². The van der Waals surface area contributed by atoms with Gasteiger partial charge in [0.2, 0.25) is 0 Å². The van der Waals surface area contributed by atoms with Crippen LogP contribution in [0.5, 0.6) is 0 Å². The molecule has 4 rings (SSSR count). The predicted octanol–water partition coefficient (Wildman–Crippen LogP) is 2.24. The second-order valence-electron chi connectivity index (χ2n) is 6.78. The standard InChI is InChI=1S/C22H20N2O6/c1-28-21(26)18-12-30-13-24(19(18)22(27)29-2)16-9-7-15(8-10-16)23-11-14-5-3-4-6-17(14)20(23)25/h3-10H,11-13H2,1-2H3. The minimum absolute atomic E-state index is 0.0494. The topological polar surface area (TPSA) is 85.4 Å². The fourth-order valence-electron chi connectivity index (χ4n) is 3.62. The van der Waals surface area contributed by atoms with E-state index in [2.05, 4.69) is 0 Å². The lowest BCUT2D eigenvalue weighted by Gasteiger charge is -2.31. The van der Waals surface area contributed by atoms with Gasteiger partial charge in [-0.1, -0.05) is 18.2 Å². The zero-order chi connectivity index (χ0) is 21.3. The number of rotatable bonds is 4. The Morgan fingerprint density at radius 2 is 1.53 bits per heavy atom. The molecular weight excluding hydrogens is 388 g/mol. The van der Waals surface area contributed by atoms with Crippen molar-refractivity contribution in [2.75, 3.05) is 37.4 Å². The average molecular weight is 408 g/mol. The normalized spacial score (nSPS) is 15.9. The SMILES string of the molecule is COC(=O)C1=C(C(=O)OC)N(c2ccc(N3Cc4ccccc4C3=O)cc2)COC1. The summed E-state index contributed by atoms with van der Waals surface area (Å²) in [4.78, 5) is 40.4. The van der Waals surface area contributed by atoms with Crippen molar-refractivity contribution in [2.45, 2.75) is 6.54 Å². The third-order valence-corrected chi connectivity index (χ3v) is 5.13. The summed E-state index contributed by atoms with van der Waals surface area (Å²) >= 11 is 0. The highest BCUT2D eigenvalue weighted by molar-refractivity contribution is 6.10. The van der Waals surface area contributed by atoms with Gasteiger partial charge in [0.25, 0.3) is 5.91 Å². The molecule has 0 saturated carbocycles. The van der Waals surface area contributed by atoms with E-state index in [0.29, 0.717) is 17.8 Å². The Hall–Kier alpha value is -3.65. The minimum Gasteiger partial charge on any atom is -0.466 e. The van der Waals surface area contributed by atoms with Gasteiger partial charge in [0.15, 0.2) is 0 Å². The van der Waals surface area contributed by atoms with Crippen LogP contribution in [0.1, 0.15) is 15.9 Å². The second kappa shape index (κ2) is 8.00. The van der Waals surface area contributed by atoms with Crippen LogP contribution in [0.4, 0.5) is 11.4 Å². The number of benzene rings is 2. The number of amides is 1. The van der Waals surface area contributed by atoms with Gasteiger partial charge in [-0.15, -0.1) is 0 Å². The maximum absolute atomic E-state index is 12.7. The summed E-state index contributed by atoms with van der Waals surface area (Å²) in [5.74, 6) is -1.37. The van der Waals surface area contributed by atoms with Crippen LogP contribution in [0.25, 0.3) is 0 Å². The number of carbonyl (C=O) groups is 3. The van der Waals surface area contributed by atoms with Crippen LogP contribution in [0.2, 0.25) is 0 Å². The van der Waals surface area contributed by atoms with Crippen LogP contribution >= 0.6 is 0 Å².